The zero-order chi connectivity index (χ0) is 8.55. The molecule has 0 radical (unpaired) electrons. The van der Waals surface area contributed by atoms with Gasteiger partial charge < -0.3 is 15.3 Å². The molecule has 12 heavy (non-hydrogen) atoms. The summed E-state index contributed by atoms with van der Waals surface area (Å²) in [5.41, 5.74) is 0.326. The molecule has 0 amide bonds. The summed E-state index contributed by atoms with van der Waals surface area (Å²) in [6.45, 7) is 0. The molecular weight excluding hydrogens is 156 g/mol. The predicted octanol–water partition coefficient (Wildman–Crippen LogP) is 0.227. The van der Waals surface area contributed by atoms with Crippen LogP contribution in [0.2, 0.25) is 0 Å². The van der Waals surface area contributed by atoms with E-state index < -0.39 is 5.97 Å². The maximum Gasteiger partial charge on any atom is 0.335 e. The standard InChI is InChI=1S/C8H8N2O2/c11-8(12)6-1-3-10-4-2-9-7(10)5-6/h1-5,7,9H,(H,11,12). The number of carbonyl (C=O) groups is 1. The fourth-order valence-electron chi connectivity index (χ4n) is 1.22. The van der Waals surface area contributed by atoms with Crippen LogP contribution < -0.4 is 5.32 Å². The molecule has 0 fully saturated rings. The molecule has 2 aliphatic heterocycles. The SMILES string of the molecule is O=C(O)C1=CC2NC=CN2C=C1. The summed E-state index contributed by atoms with van der Waals surface area (Å²) in [5.74, 6) is -0.889. The Morgan fingerprint density at radius 3 is 3.17 bits per heavy atom. The molecule has 0 aromatic carbocycles. The number of hydrogen-bond acceptors (Lipinski definition) is 3. The molecule has 2 rings (SSSR count). The zero-order valence-corrected chi connectivity index (χ0v) is 6.27. The van der Waals surface area contributed by atoms with Crippen molar-refractivity contribution >= 4 is 5.97 Å². The number of carboxylic acids is 1. The number of hydrogen-bond donors (Lipinski definition) is 2. The molecule has 4 nitrogen and oxygen atoms in total. The van der Waals surface area contributed by atoms with Gasteiger partial charge in [0.1, 0.15) is 6.17 Å². The summed E-state index contributed by atoms with van der Waals surface area (Å²) in [6, 6.07) is 0. The largest absolute Gasteiger partial charge is 0.478 e. The molecule has 0 bridgehead atoms. The van der Waals surface area contributed by atoms with Crippen molar-refractivity contribution in [2.24, 2.45) is 0 Å². The molecule has 2 aliphatic rings. The lowest BCUT2D eigenvalue weighted by atomic mass is 10.2. The number of nitrogens with one attached hydrogen (secondary N) is 1. The van der Waals surface area contributed by atoms with Gasteiger partial charge >= 0.3 is 5.97 Å². The molecule has 62 valence electrons. The smallest absolute Gasteiger partial charge is 0.335 e. The normalized spacial score (nSPS) is 24.8. The minimum Gasteiger partial charge on any atom is -0.478 e. The van der Waals surface area contributed by atoms with E-state index >= 15 is 0 Å². The van der Waals surface area contributed by atoms with Crippen molar-refractivity contribution in [2.75, 3.05) is 0 Å². The van der Waals surface area contributed by atoms with E-state index in [9.17, 15) is 4.79 Å². The Labute approximate surface area is 69.5 Å². The lowest BCUT2D eigenvalue weighted by Crippen LogP contribution is -2.32. The monoisotopic (exact) mass is 164 g/mol. The molecule has 2 N–H and O–H groups in total. The molecule has 1 atom stereocenters. The second-order valence-electron chi connectivity index (χ2n) is 2.62. The van der Waals surface area contributed by atoms with Crippen LogP contribution in [-0.4, -0.2) is 22.1 Å². The number of aliphatic carboxylic acids is 1. The molecule has 0 aromatic rings. The third kappa shape index (κ3) is 0.972. The maximum absolute atomic E-state index is 10.6. The van der Waals surface area contributed by atoms with Gasteiger partial charge in [0.2, 0.25) is 0 Å². The van der Waals surface area contributed by atoms with Gasteiger partial charge in [0, 0.05) is 18.6 Å². The van der Waals surface area contributed by atoms with Gasteiger partial charge in [-0.15, -0.1) is 0 Å². The summed E-state index contributed by atoms with van der Waals surface area (Å²) < 4.78 is 0. The molecule has 2 heterocycles. The van der Waals surface area contributed by atoms with E-state index in [0.29, 0.717) is 5.57 Å². The van der Waals surface area contributed by atoms with Crippen molar-refractivity contribution in [3.05, 3.63) is 36.3 Å². The third-order valence-corrected chi connectivity index (χ3v) is 1.85. The van der Waals surface area contributed by atoms with Crippen molar-refractivity contribution in [2.45, 2.75) is 6.17 Å². The summed E-state index contributed by atoms with van der Waals surface area (Å²) >= 11 is 0. The Morgan fingerprint density at radius 2 is 2.42 bits per heavy atom. The van der Waals surface area contributed by atoms with E-state index in [1.165, 1.54) is 0 Å². The Morgan fingerprint density at radius 1 is 1.58 bits per heavy atom. The van der Waals surface area contributed by atoms with Gasteiger partial charge in [0.25, 0.3) is 0 Å². The Kier molecular flexibility index (Phi) is 1.40. The first-order valence-electron chi connectivity index (χ1n) is 3.61. The number of nitrogens with zero attached hydrogens (tertiary/aromatic N) is 1. The Balaban J connectivity index is 2.23. The van der Waals surface area contributed by atoms with Gasteiger partial charge in [-0.25, -0.2) is 4.79 Å². The maximum atomic E-state index is 10.6. The second-order valence-corrected chi connectivity index (χ2v) is 2.62. The second kappa shape index (κ2) is 2.41. The molecule has 0 aliphatic carbocycles. The van der Waals surface area contributed by atoms with E-state index in [4.69, 9.17) is 5.11 Å². The van der Waals surface area contributed by atoms with Gasteiger partial charge in [0.15, 0.2) is 0 Å². The fraction of sp³-hybridized carbons (Fsp3) is 0.125. The van der Waals surface area contributed by atoms with E-state index in [-0.39, 0.29) is 6.17 Å². The summed E-state index contributed by atoms with van der Waals surface area (Å²) in [7, 11) is 0. The first kappa shape index (κ1) is 6.97. The topological polar surface area (TPSA) is 52.6 Å². The summed E-state index contributed by atoms with van der Waals surface area (Å²) in [6.07, 6.45) is 8.61. The van der Waals surface area contributed by atoms with Crippen LogP contribution >= 0.6 is 0 Å². The molecule has 0 spiro atoms. The van der Waals surface area contributed by atoms with E-state index in [1.807, 2.05) is 11.1 Å². The van der Waals surface area contributed by atoms with Crippen molar-refractivity contribution in [1.29, 1.82) is 0 Å². The summed E-state index contributed by atoms with van der Waals surface area (Å²) in [4.78, 5) is 12.5. The Bertz CT molecular complexity index is 304. The quantitative estimate of drug-likeness (QED) is 0.582. The van der Waals surface area contributed by atoms with Crippen LogP contribution in [0.15, 0.2) is 36.3 Å². The number of fused-ring (bicyclic) bond motifs is 1. The predicted molar refractivity (Wildman–Crippen MR) is 42.8 cm³/mol. The van der Waals surface area contributed by atoms with Gasteiger partial charge in [-0.3, -0.25) is 0 Å². The minimum absolute atomic E-state index is 0.0268. The van der Waals surface area contributed by atoms with Crippen LogP contribution in [0.25, 0.3) is 0 Å². The highest BCUT2D eigenvalue weighted by Gasteiger charge is 2.19. The molecule has 1 unspecified atom stereocenters. The van der Waals surface area contributed by atoms with Crippen LogP contribution in [0.5, 0.6) is 0 Å². The van der Waals surface area contributed by atoms with Crippen molar-refractivity contribution in [3.8, 4) is 0 Å². The van der Waals surface area contributed by atoms with Gasteiger partial charge in [0.05, 0.1) is 5.57 Å². The average Bonchev–Trinajstić information content (AvgIpc) is 2.49. The highest BCUT2D eigenvalue weighted by Crippen LogP contribution is 2.15. The fourth-order valence-corrected chi connectivity index (χ4v) is 1.22. The van der Waals surface area contributed by atoms with Crippen LogP contribution in [0.3, 0.4) is 0 Å². The van der Waals surface area contributed by atoms with Crippen molar-refractivity contribution in [3.63, 3.8) is 0 Å². The highest BCUT2D eigenvalue weighted by molar-refractivity contribution is 5.90. The molecule has 0 aromatic heterocycles. The highest BCUT2D eigenvalue weighted by atomic mass is 16.4. The first-order valence-corrected chi connectivity index (χ1v) is 3.61. The van der Waals surface area contributed by atoms with E-state index in [1.54, 1.807) is 24.6 Å². The zero-order valence-electron chi connectivity index (χ0n) is 6.27. The number of carboxylic acid groups (broad SMARTS) is 1. The number of rotatable bonds is 1. The van der Waals surface area contributed by atoms with E-state index in [0.717, 1.165) is 0 Å². The lowest BCUT2D eigenvalue weighted by molar-refractivity contribution is -0.132. The lowest BCUT2D eigenvalue weighted by Gasteiger charge is -2.22. The minimum atomic E-state index is -0.889. The van der Waals surface area contributed by atoms with Crippen LogP contribution in [0, 0.1) is 0 Å². The summed E-state index contributed by atoms with van der Waals surface area (Å²) in [5, 5.41) is 11.7. The van der Waals surface area contributed by atoms with Gasteiger partial charge in [-0.05, 0) is 12.2 Å². The molecule has 0 saturated carbocycles. The first-order chi connectivity index (χ1) is 5.77. The van der Waals surface area contributed by atoms with Crippen molar-refractivity contribution in [1.82, 2.24) is 10.2 Å². The Hall–Kier alpha value is -1.71. The van der Waals surface area contributed by atoms with Gasteiger partial charge in [-0.2, -0.15) is 0 Å². The van der Waals surface area contributed by atoms with Crippen LogP contribution in [-0.2, 0) is 4.79 Å². The molecule has 4 heteroatoms. The third-order valence-electron chi connectivity index (χ3n) is 1.85. The molecular formula is C8H8N2O2. The average molecular weight is 164 g/mol. The van der Waals surface area contributed by atoms with Gasteiger partial charge in [-0.1, -0.05) is 0 Å². The van der Waals surface area contributed by atoms with Crippen LogP contribution in [0.4, 0.5) is 0 Å². The molecule has 0 saturated heterocycles. The van der Waals surface area contributed by atoms with E-state index in [2.05, 4.69) is 5.32 Å². The van der Waals surface area contributed by atoms with Crippen LogP contribution in [0.1, 0.15) is 0 Å². The van der Waals surface area contributed by atoms with Crippen molar-refractivity contribution < 1.29 is 9.90 Å².